The number of hydrogen-bond donors (Lipinski definition) is 1. The van der Waals surface area contributed by atoms with Crippen molar-refractivity contribution >= 4 is 5.91 Å². The predicted molar refractivity (Wildman–Crippen MR) is 98.8 cm³/mol. The summed E-state index contributed by atoms with van der Waals surface area (Å²) in [6.45, 7) is 11.3. The molecular weight excluding hydrogens is 300 g/mol. The van der Waals surface area contributed by atoms with Gasteiger partial charge in [0.1, 0.15) is 5.75 Å². The van der Waals surface area contributed by atoms with Crippen molar-refractivity contribution in [2.45, 2.75) is 46.5 Å². The SMILES string of the molecule is CCOc1ccc(C(=O)NCCCCN2CCC(C)CC2)cc1C. The molecule has 1 saturated heterocycles. The number of likely N-dealkylation sites (tertiary alicyclic amines) is 1. The number of unbranched alkanes of at least 4 members (excludes halogenated alkanes) is 1. The molecule has 2 rings (SSSR count). The molecule has 0 radical (unpaired) electrons. The fourth-order valence-electron chi connectivity index (χ4n) is 3.16. The van der Waals surface area contributed by atoms with Gasteiger partial charge in [0.25, 0.3) is 5.91 Å². The number of benzene rings is 1. The summed E-state index contributed by atoms with van der Waals surface area (Å²) in [6.07, 6.45) is 4.84. The number of carbonyl (C=O) groups excluding carboxylic acids is 1. The normalized spacial score (nSPS) is 16.1. The predicted octanol–water partition coefficient (Wildman–Crippen LogP) is 3.64. The van der Waals surface area contributed by atoms with E-state index in [4.69, 9.17) is 4.74 Å². The van der Waals surface area contributed by atoms with Gasteiger partial charge in [-0.25, -0.2) is 0 Å². The Labute approximate surface area is 146 Å². The number of nitrogens with zero attached hydrogens (tertiary/aromatic N) is 1. The molecule has 0 saturated carbocycles. The van der Waals surface area contributed by atoms with Crippen LogP contribution in [0, 0.1) is 12.8 Å². The van der Waals surface area contributed by atoms with Crippen molar-refractivity contribution in [1.82, 2.24) is 10.2 Å². The second kappa shape index (κ2) is 9.67. The van der Waals surface area contributed by atoms with Crippen LogP contribution >= 0.6 is 0 Å². The number of rotatable bonds is 8. The number of ether oxygens (including phenoxy) is 1. The zero-order chi connectivity index (χ0) is 17.4. The molecule has 0 aliphatic carbocycles. The van der Waals surface area contributed by atoms with Crippen LogP contribution in [-0.4, -0.2) is 43.6 Å². The molecule has 0 unspecified atom stereocenters. The second-order valence-corrected chi connectivity index (χ2v) is 6.90. The minimum absolute atomic E-state index is 0.00736. The van der Waals surface area contributed by atoms with Crippen molar-refractivity contribution in [1.29, 1.82) is 0 Å². The van der Waals surface area contributed by atoms with Crippen molar-refractivity contribution in [2.24, 2.45) is 5.92 Å². The van der Waals surface area contributed by atoms with Crippen LogP contribution in [0.15, 0.2) is 18.2 Å². The molecule has 1 amide bonds. The van der Waals surface area contributed by atoms with E-state index in [1.54, 1.807) is 0 Å². The smallest absolute Gasteiger partial charge is 0.251 e. The second-order valence-electron chi connectivity index (χ2n) is 6.90. The van der Waals surface area contributed by atoms with E-state index >= 15 is 0 Å². The maximum atomic E-state index is 12.2. The first-order valence-corrected chi connectivity index (χ1v) is 9.34. The van der Waals surface area contributed by atoms with Crippen molar-refractivity contribution in [3.8, 4) is 5.75 Å². The Kier molecular flexibility index (Phi) is 7.57. The maximum Gasteiger partial charge on any atom is 0.251 e. The quantitative estimate of drug-likeness (QED) is 0.739. The minimum Gasteiger partial charge on any atom is -0.494 e. The van der Waals surface area contributed by atoms with E-state index in [1.807, 2.05) is 32.0 Å². The fraction of sp³-hybridized carbons (Fsp3) is 0.650. The van der Waals surface area contributed by atoms with Crippen LogP contribution in [0.2, 0.25) is 0 Å². The number of piperidine rings is 1. The van der Waals surface area contributed by atoms with Crippen LogP contribution in [0.4, 0.5) is 0 Å². The third kappa shape index (κ3) is 5.82. The Morgan fingerprint density at radius 3 is 2.71 bits per heavy atom. The molecule has 1 N–H and O–H groups in total. The first-order valence-electron chi connectivity index (χ1n) is 9.34. The molecule has 4 nitrogen and oxygen atoms in total. The van der Waals surface area contributed by atoms with Gasteiger partial charge in [-0.3, -0.25) is 4.79 Å². The van der Waals surface area contributed by atoms with E-state index in [0.29, 0.717) is 12.2 Å². The van der Waals surface area contributed by atoms with Crippen LogP contribution in [0.25, 0.3) is 0 Å². The molecule has 4 heteroatoms. The lowest BCUT2D eigenvalue weighted by Crippen LogP contribution is -2.34. The summed E-state index contributed by atoms with van der Waals surface area (Å²) in [4.78, 5) is 14.8. The maximum absolute atomic E-state index is 12.2. The lowest BCUT2D eigenvalue weighted by molar-refractivity contribution is 0.0952. The van der Waals surface area contributed by atoms with Gasteiger partial charge in [0.05, 0.1) is 6.61 Å². The van der Waals surface area contributed by atoms with E-state index in [0.717, 1.165) is 43.2 Å². The molecule has 1 aromatic rings. The van der Waals surface area contributed by atoms with E-state index in [-0.39, 0.29) is 5.91 Å². The Bertz CT molecular complexity index is 522. The molecular formula is C20H32N2O2. The zero-order valence-corrected chi connectivity index (χ0v) is 15.4. The molecule has 0 atom stereocenters. The van der Waals surface area contributed by atoms with Crippen molar-refractivity contribution in [2.75, 3.05) is 32.8 Å². The number of nitrogens with one attached hydrogen (secondary N) is 1. The highest BCUT2D eigenvalue weighted by atomic mass is 16.5. The summed E-state index contributed by atoms with van der Waals surface area (Å²) in [5.74, 6) is 1.75. The van der Waals surface area contributed by atoms with E-state index in [1.165, 1.54) is 25.9 Å². The van der Waals surface area contributed by atoms with Crippen LogP contribution in [0.3, 0.4) is 0 Å². The van der Waals surface area contributed by atoms with Gasteiger partial charge in [-0.15, -0.1) is 0 Å². The zero-order valence-electron chi connectivity index (χ0n) is 15.4. The van der Waals surface area contributed by atoms with Gasteiger partial charge in [-0.1, -0.05) is 6.92 Å². The minimum atomic E-state index is 0.00736. The van der Waals surface area contributed by atoms with Crippen LogP contribution < -0.4 is 10.1 Å². The molecule has 1 aliphatic rings. The van der Waals surface area contributed by atoms with Crippen molar-refractivity contribution in [3.63, 3.8) is 0 Å². The van der Waals surface area contributed by atoms with Gasteiger partial charge in [0.15, 0.2) is 0 Å². The molecule has 1 heterocycles. The molecule has 1 aliphatic heterocycles. The van der Waals surface area contributed by atoms with Gasteiger partial charge in [-0.2, -0.15) is 0 Å². The molecule has 24 heavy (non-hydrogen) atoms. The van der Waals surface area contributed by atoms with Gasteiger partial charge >= 0.3 is 0 Å². The standard InChI is InChI=1S/C20H32N2O2/c1-4-24-19-8-7-18(15-17(19)3)20(23)21-11-5-6-12-22-13-9-16(2)10-14-22/h7-8,15-16H,4-6,9-14H2,1-3H3,(H,21,23). The average molecular weight is 332 g/mol. The molecule has 1 aromatic carbocycles. The van der Waals surface area contributed by atoms with Crippen molar-refractivity contribution < 1.29 is 9.53 Å². The number of aryl methyl sites for hydroxylation is 1. The molecule has 134 valence electrons. The lowest BCUT2D eigenvalue weighted by Gasteiger charge is -2.30. The Hall–Kier alpha value is -1.55. The number of carbonyl (C=O) groups is 1. The van der Waals surface area contributed by atoms with Gasteiger partial charge in [0.2, 0.25) is 0 Å². The highest BCUT2D eigenvalue weighted by Crippen LogP contribution is 2.19. The summed E-state index contributed by atoms with van der Waals surface area (Å²) in [5.41, 5.74) is 1.71. The number of hydrogen-bond acceptors (Lipinski definition) is 3. The molecule has 1 fully saturated rings. The van der Waals surface area contributed by atoms with E-state index in [2.05, 4.69) is 17.1 Å². The Balaban J connectivity index is 1.65. The van der Waals surface area contributed by atoms with E-state index in [9.17, 15) is 4.79 Å². The molecule has 0 bridgehead atoms. The highest BCUT2D eigenvalue weighted by molar-refractivity contribution is 5.94. The largest absolute Gasteiger partial charge is 0.494 e. The monoisotopic (exact) mass is 332 g/mol. The first-order chi connectivity index (χ1) is 11.6. The summed E-state index contributed by atoms with van der Waals surface area (Å²) in [7, 11) is 0. The fourth-order valence-corrected chi connectivity index (χ4v) is 3.16. The highest BCUT2D eigenvalue weighted by Gasteiger charge is 2.14. The third-order valence-electron chi connectivity index (χ3n) is 4.80. The summed E-state index contributed by atoms with van der Waals surface area (Å²) < 4.78 is 5.51. The first kappa shape index (κ1) is 18.8. The average Bonchev–Trinajstić information content (AvgIpc) is 2.58. The van der Waals surface area contributed by atoms with Crippen LogP contribution in [-0.2, 0) is 0 Å². The Morgan fingerprint density at radius 1 is 1.29 bits per heavy atom. The Morgan fingerprint density at radius 2 is 2.04 bits per heavy atom. The molecule has 0 spiro atoms. The lowest BCUT2D eigenvalue weighted by atomic mass is 9.99. The van der Waals surface area contributed by atoms with Gasteiger partial charge in [-0.05, 0) is 88.8 Å². The third-order valence-corrected chi connectivity index (χ3v) is 4.80. The van der Waals surface area contributed by atoms with Crippen molar-refractivity contribution in [3.05, 3.63) is 29.3 Å². The summed E-state index contributed by atoms with van der Waals surface area (Å²) in [6, 6.07) is 5.61. The number of amides is 1. The van der Waals surface area contributed by atoms with Crippen LogP contribution in [0.1, 0.15) is 55.5 Å². The summed E-state index contributed by atoms with van der Waals surface area (Å²) >= 11 is 0. The van der Waals surface area contributed by atoms with Crippen LogP contribution in [0.5, 0.6) is 5.75 Å². The van der Waals surface area contributed by atoms with E-state index < -0.39 is 0 Å². The molecule has 0 aromatic heterocycles. The van der Waals surface area contributed by atoms with Gasteiger partial charge < -0.3 is 15.0 Å². The van der Waals surface area contributed by atoms with Gasteiger partial charge in [0, 0.05) is 12.1 Å². The summed E-state index contributed by atoms with van der Waals surface area (Å²) in [5, 5.41) is 3.02. The topological polar surface area (TPSA) is 41.6 Å².